The third kappa shape index (κ3) is 4.14. The van der Waals surface area contributed by atoms with Crippen molar-refractivity contribution < 1.29 is 4.79 Å². The summed E-state index contributed by atoms with van der Waals surface area (Å²) in [5.74, 6) is -0.0703. The third-order valence-electron chi connectivity index (χ3n) is 6.13. The van der Waals surface area contributed by atoms with E-state index in [4.69, 9.17) is 10.7 Å². The summed E-state index contributed by atoms with van der Waals surface area (Å²) in [4.78, 5) is 24.6. The molecule has 0 fully saturated rings. The molecule has 6 nitrogen and oxygen atoms in total. The SMILES string of the molecule is CN1C(=O)C(CCCc2ccncc2)[C@@](C)(c2cc(-c3cccc(C#N)c3)cs2)N=C1N. The van der Waals surface area contributed by atoms with E-state index in [2.05, 4.69) is 22.5 Å². The molecule has 0 radical (unpaired) electrons. The van der Waals surface area contributed by atoms with Gasteiger partial charge >= 0.3 is 0 Å². The molecule has 0 bridgehead atoms. The first-order chi connectivity index (χ1) is 15.4. The summed E-state index contributed by atoms with van der Waals surface area (Å²) in [6, 6.07) is 15.8. The number of nitrogens with two attached hydrogens (primary N) is 1. The zero-order chi connectivity index (χ0) is 22.7. The summed E-state index contributed by atoms with van der Waals surface area (Å²) in [7, 11) is 1.68. The maximum absolute atomic E-state index is 13.3. The van der Waals surface area contributed by atoms with Crippen molar-refractivity contribution in [2.45, 2.75) is 31.7 Å². The van der Waals surface area contributed by atoms with E-state index < -0.39 is 5.54 Å². The fourth-order valence-corrected chi connectivity index (χ4v) is 5.27. The molecule has 3 aromatic rings. The predicted octanol–water partition coefficient (Wildman–Crippen LogP) is 4.32. The van der Waals surface area contributed by atoms with E-state index in [1.54, 1.807) is 36.8 Å². The van der Waals surface area contributed by atoms with Crippen LogP contribution >= 0.6 is 11.3 Å². The zero-order valence-corrected chi connectivity index (χ0v) is 19.0. The normalized spacial score (nSPS) is 20.7. The van der Waals surface area contributed by atoms with E-state index in [1.807, 2.05) is 37.3 Å². The van der Waals surface area contributed by atoms with Crippen LogP contribution in [0.1, 0.15) is 35.8 Å². The highest BCUT2D eigenvalue weighted by molar-refractivity contribution is 7.10. The number of thiophene rings is 1. The van der Waals surface area contributed by atoms with Crippen molar-refractivity contribution in [2.24, 2.45) is 16.6 Å². The lowest BCUT2D eigenvalue weighted by Gasteiger charge is -2.40. The Morgan fingerprint density at radius 2 is 2.00 bits per heavy atom. The number of carbonyl (C=O) groups is 1. The Hall–Kier alpha value is -3.50. The van der Waals surface area contributed by atoms with Gasteiger partial charge < -0.3 is 5.73 Å². The summed E-state index contributed by atoms with van der Waals surface area (Å²) < 4.78 is 0. The second-order valence-corrected chi connectivity index (χ2v) is 9.12. The van der Waals surface area contributed by atoms with Crippen molar-refractivity contribution >= 4 is 23.2 Å². The van der Waals surface area contributed by atoms with Gasteiger partial charge in [-0.3, -0.25) is 14.7 Å². The molecule has 3 heterocycles. The van der Waals surface area contributed by atoms with Gasteiger partial charge in [-0.15, -0.1) is 11.3 Å². The van der Waals surface area contributed by atoms with Gasteiger partial charge in [0.15, 0.2) is 5.96 Å². The highest BCUT2D eigenvalue weighted by Gasteiger charge is 2.46. The van der Waals surface area contributed by atoms with Crippen LogP contribution in [0, 0.1) is 17.2 Å². The predicted molar refractivity (Wildman–Crippen MR) is 127 cm³/mol. The molecule has 4 rings (SSSR count). The third-order valence-corrected chi connectivity index (χ3v) is 7.29. The topological polar surface area (TPSA) is 95.4 Å². The van der Waals surface area contributed by atoms with Crippen molar-refractivity contribution in [1.29, 1.82) is 5.26 Å². The zero-order valence-electron chi connectivity index (χ0n) is 18.2. The highest BCUT2D eigenvalue weighted by atomic mass is 32.1. The molecule has 2 atom stereocenters. The second kappa shape index (κ2) is 8.93. The lowest BCUT2D eigenvalue weighted by Crippen LogP contribution is -2.53. The molecular formula is C25H25N5OS. The van der Waals surface area contributed by atoms with Crippen LogP contribution in [-0.4, -0.2) is 28.8 Å². The summed E-state index contributed by atoms with van der Waals surface area (Å²) in [6.07, 6.45) is 6.02. The van der Waals surface area contributed by atoms with Crippen molar-refractivity contribution in [3.63, 3.8) is 0 Å². The fraction of sp³-hybridized carbons (Fsp3) is 0.280. The van der Waals surface area contributed by atoms with Crippen LogP contribution in [0.5, 0.6) is 0 Å². The smallest absolute Gasteiger partial charge is 0.234 e. The quantitative estimate of drug-likeness (QED) is 0.614. The summed E-state index contributed by atoms with van der Waals surface area (Å²) in [5.41, 5.74) is 9.21. The van der Waals surface area contributed by atoms with Crippen molar-refractivity contribution in [3.05, 3.63) is 76.2 Å². The Morgan fingerprint density at radius 3 is 2.75 bits per heavy atom. The van der Waals surface area contributed by atoms with Gasteiger partial charge in [0.05, 0.1) is 17.6 Å². The van der Waals surface area contributed by atoms with Gasteiger partial charge in [-0.2, -0.15) is 5.26 Å². The molecule has 0 saturated carbocycles. The van der Waals surface area contributed by atoms with Crippen LogP contribution in [0.2, 0.25) is 0 Å². The average molecular weight is 444 g/mol. The number of rotatable bonds is 6. The summed E-state index contributed by atoms with van der Waals surface area (Å²) in [6.45, 7) is 2.00. The van der Waals surface area contributed by atoms with Gasteiger partial charge in [-0.1, -0.05) is 12.1 Å². The van der Waals surface area contributed by atoms with E-state index in [0.717, 1.165) is 28.8 Å². The minimum atomic E-state index is -0.734. The molecule has 0 aliphatic carbocycles. The van der Waals surface area contributed by atoms with E-state index in [0.29, 0.717) is 12.0 Å². The molecule has 2 aromatic heterocycles. The standard InChI is InChI=1S/C25H25N5OS/c1-25(22-14-20(16-32-22)19-7-3-6-18(13-19)15-26)21(23(31)30(2)24(27)29-25)8-4-5-17-9-11-28-12-10-17/h3,6-7,9-14,16,21H,4-5,8H2,1-2H3,(H2,27,29)/t21?,25-/m0/s1. The van der Waals surface area contributed by atoms with Crippen LogP contribution in [0.15, 0.2) is 65.2 Å². The van der Waals surface area contributed by atoms with E-state index >= 15 is 0 Å². The second-order valence-electron chi connectivity index (χ2n) is 8.21. The van der Waals surface area contributed by atoms with Crippen LogP contribution in [0.3, 0.4) is 0 Å². The number of aromatic nitrogens is 1. The Kier molecular flexibility index (Phi) is 6.06. The van der Waals surface area contributed by atoms with Gasteiger partial charge in [0.1, 0.15) is 5.54 Å². The highest BCUT2D eigenvalue weighted by Crippen LogP contribution is 2.44. The molecule has 0 saturated heterocycles. The number of aryl methyl sites for hydroxylation is 1. The molecule has 1 unspecified atom stereocenters. The van der Waals surface area contributed by atoms with Crippen LogP contribution in [0.25, 0.3) is 11.1 Å². The summed E-state index contributed by atoms with van der Waals surface area (Å²) in [5, 5.41) is 11.3. The van der Waals surface area contributed by atoms with Crippen LogP contribution < -0.4 is 5.73 Å². The number of hydrogen-bond acceptors (Lipinski definition) is 6. The monoisotopic (exact) mass is 443 g/mol. The average Bonchev–Trinajstić information content (AvgIpc) is 3.32. The van der Waals surface area contributed by atoms with Crippen molar-refractivity contribution in [1.82, 2.24) is 9.88 Å². The lowest BCUT2D eigenvalue weighted by atomic mass is 9.78. The first-order valence-electron chi connectivity index (χ1n) is 10.5. The lowest BCUT2D eigenvalue weighted by molar-refractivity contribution is -0.134. The minimum absolute atomic E-state index is 0.00356. The molecule has 1 aliphatic rings. The molecule has 162 valence electrons. The van der Waals surface area contributed by atoms with E-state index in [9.17, 15) is 10.1 Å². The molecule has 1 aromatic carbocycles. The number of aliphatic imine (C=N–C) groups is 1. The molecule has 1 aliphatic heterocycles. The molecule has 1 amide bonds. The van der Waals surface area contributed by atoms with Gasteiger partial charge in [0.2, 0.25) is 5.91 Å². The molecule has 32 heavy (non-hydrogen) atoms. The van der Waals surface area contributed by atoms with Gasteiger partial charge in [0, 0.05) is 24.3 Å². The number of benzene rings is 1. The number of nitrogens with zero attached hydrogens (tertiary/aromatic N) is 4. The number of pyridine rings is 1. The van der Waals surface area contributed by atoms with Gasteiger partial charge in [-0.05, 0) is 78.6 Å². The largest absolute Gasteiger partial charge is 0.369 e. The Morgan fingerprint density at radius 1 is 1.22 bits per heavy atom. The number of nitriles is 1. The Bertz CT molecular complexity index is 1200. The maximum Gasteiger partial charge on any atom is 0.234 e. The first-order valence-corrected chi connectivity index (χ1v) is 11.4. The Balaban J connectivity index is 1.63. The maximum atomic E-state index is 13.3. The molecular weight excluding hydrogens is 418 g/mol. The summed E-state index contributed by atoms with van der Waals surface area (Å²) >= 11 is 1.58. The van der Waals surface area contributed by atoms with E-state index in [-0.39, 0.29) is 17.8 Å². The van der Waals surface area contributed by atoms with Gasteiger partial charge in [0.25, 0.3) is 0 Å². The minimum Gasteiger partial charge on any atom is -0.369 e. The Labute approximate surface area is 192 Å². The molecule has 2 N–H and O–H groups in total. The van der Waals surface area contributed by atoms with Crippen molar-refractivity contribution in [3.8, 4) is 17.2 Å². The van der Waals surface area contributed by atoms with E-state index in [1.165, 1.54) is 10.5 Å². The van der Waals surface area contributed by atoms with Crippen molar-refractivity contribution in [2.75, 3.05) is 7.05 Å². The van der Waals surface area contributed by atoms with Crippen LogP contribution in [0.4, 0.5) is 0 Å². The van der Waals surface area contributed by atoms with Crippen LogP contribution in [-0.2, 0) is 16.8 Å². The number of carbonyl (C=O) groups excluding carboxylic acids is 1. The molecule has 7 heteroatoms. The number of amides is 1. The van der Waals surface area contributed by atoms with Gasteiger partial charge in [-0.25, -0.2) is 4.99 Å². The number of hydrogen-bond donors (Lipinski definition) is 1. The number of guanidine groups is 1. The first kappa shape index (κ1) is 21.7. The molecule has 0 spiro atoms. The fourth-order valence-electron chi connectivity index (χ4n) is 4.19.